The molecule has 3 aromatic rings. The van der Waals surface area contributed by atoms with Crippen LogP contribution >= 0.6 is 11.3 Å². The molecule has 3 rings (SSSR count). The molecule has 0 unspecified atom stereocenters. The fourth-order valence-corrected chi connectivity index (χ4v) is 3.50. The summed E-state index contributed by atoms with van der Waals surface area (Å²) in [4.78, 5) is 27.8. The van der Waals surface area contributed by atoms with Crippen molar-refractivity contribution in [2.75, 3.05) is 23.1 Å². The Morgan fingerprint density at radius 1 is 1.08 bits per heavy atom. The number of fused-ring (bicyclic) bond motifs is 1. The van der Waals surface area contributed by atoms with Gasteiger partial charge in [-0.2, -0.15) is 0 Å². The van der Waals surface area contributed by atoms with Gasteiger partial charge in [0, 0.05) is 24.4 Å². The number of thiazole rings is 1. The van der Waals surface area contributed by atoms with E-state index in [1.165, 1.54) is 18.3 Å². The van der Waals surface area contributed by atoms with Crippen LogP contribution in [0, 0.1) is 6.92 Å². The number of hydrogen-bond acceptors (Lipinski definition) is 5. The fraction of sp³-hybridized carbons (Fsp3) is 0.167. The quantitative estimate of drug-likeness (QED) is 0.641. The highest BCUT2D eigenvalue weighted by Crippen LogP contribution is 2.31. The summed E-state index contributed by atoms with van der Waals surface area (Å²) < 4.78 is 6.02. The number of benzene rings is 2. The van der Waals surface area contributed by atoms with Gasteiger partial charge in [0.2, 0.25) is 5.91 Å². The second-order valence-electron chi connectivity index (χ2n) is 5.65. The van der Waals surface area contributed by atoms with E-state index in [1.54, 1.807) is 31.4 Å². The zero-order chi connectivity index (χ0) is 18.7. The van der Waals surface area contributed by atoms with Crippen LogP contribution in [0.3, 0.4) is 0 Å². The van der Waals surface area contributed by atoms with Crippen molar-refractivity contribution in [3.05, 3.63) is 42.0 Å². The Kier molecular flexibility index (Phi) is 5.04. The normalized spacial score (nSPS) is 10.4. The molecule has 0 saturated carbocycles. The molecule has 2 aromatic carbocycles. The van der Waals surface area contributed by atoms with Crippen molar-refractivity contribution in [2.45, 2.75) is 13.8 Å². The third-order valence-corrected chi connectivity index (χ3v) is 4.47. The summed E-state index contributed by atoms with van der Waals surface area (Å²) in [6.45, 7) is 3.35. The van der Waals surface area contributed by atoms with Gasteiger partial charge >= 0.3 is 6.03 Å². The SMILES string of the molecule is COc1cccc(NC(=O)Nc2cc(C)c3nc(NC(C)=O)sc3c2)c1. The van der Waals surface area contributed by atoms with E-state index in [9.17, 15) is 9.59 Å². The molecule has 8 heteroatoms. The maximum atomic E-state index is 12.2. The van der Waals surface area contributed by atoms with Gasteiger partial charge < -0.3 is 20.7 Å². The van der Waals surface area contributed by atoms with Crippen molar-refractivity contribution in [3.8, 4) is 5.75 Å². The first-order valence-electron chi connectivity index (χ1n) is 7.85. The molecule has 26 heavy (non-hydrogen) atoms. The van der Waals surface area contributed by atoms with Gasteiger partial charge in [-0.1, -0.05) is 17.4 Å². The molecule has 0 saturated heterocycles. The van der Waals surface area contributed by atoms with E-state index in [0.717, 1.165) is 15.8 Å². The number of anilines is 3. The van der Waals surface area contributed by atoms with Crippen molar-refractivity contribution in [3.63, 3.8) is 0 Å². The zero-order valence-corrected chi connectivity index (χ0v) is 15.4. The first-order valence-corrected chi connectivity index (χ1v) is 8.67. The van der Waals surface area contributed by atoms with E-state index in [0.29, 0.717) is 22.3 Å². The molecule has 3 amide bonds. The summed E-state index contributed by atoms with van der Waals surface area (Å²) in [6, 6.07) is 10.4. The number of rotatable bonds is 4. The monoisotopic (exact) mass is 370 g/mol. The Balaban J connectivity index is 1.77. The Morgan fingerprint density at radius 3 is 2.58 bits per heavy atom. The lowest BCUT2D eigenvalue weighted by Gasteiger charge is -2.09. The molecule has 0 atom stereocenters. The number of ether oxygens (including phenoxy) is 1. The lowest BCUT2D eigenvalue weighted by Crippen LogP contribution is -2.19. The molecular weight excluding hydrogens is 352 g/mol. The molecule has 0 aliphatic carbocycles. The maximum Gasteiger partial charge on any atom is 0.323 e. The molecule has 134 valence electrons. The van der Waals surface area contributed by atoms with E-state index in [-0.39, 0.29) is 11.9 Å². The summed E-state index contributed by atoms with van der Waals surface area (Å²) in [5, 5.41) is 8.79. The summed E-state index contributed by atoms with van der Waals surface area (Å²) in [5.41, 5.74) is 2.99. The predicted molar refractivity (Wildman–Crippen MR) is 104 cm³/mol. The van der Waals surface area contributed by atoms with Crippen molar-refractivity contribution >= 4 is 50.0 Å². The number of nitrogens with one attached hydrogen (secondary N) is 3. The van der Waals surface area contributed by atoms with Crippen LogP contribution in [0.2, 0.25) is 0 Å². The molecule has 0 spiro atoms. The molecule has 7 nitrogen and oxygen atoms in total. The molecule has 1 aromatic heterocycles. The van der Waals surface area contributed by atoms with Gasteiger partial charge in [0.15, 0.2) is 5.13 Å². The Hall–Kier alpha value is -3.13. The van der Waals surface area contributed by atoms with Crippen LogP contribution in [0.5, 0.6) is 5.75 Å². The summed E-state index contributed by atoms with van der Waals surface area (Å²) in [6.07, 6.45) is 0. The van der Waals surface area contributed by atoms with Gasteiger partial charge in [-0.25, -0.2) is 9.78 Å². The maximum absolute atomic E-state index is 12.2. The molecule has 0 bridgehead atoms. The number of methoxy groups -OCH3 is 1. The minimum Gasteiger partial charge on any atom is -0.497 e. The molecule has 3 N–H and O–H groups in total. The van der Waals surface area contributed by atoms with Crippen LogP contribution < -0.4 is 20.7 Å². The average molecular weight is 370 g/mol. The number of carbonyl (C=O) groups excluding carboxylic acids is 2. The molecule has 0 radical (unpaired) electrons. The van der Waals surface area contributed by atoms with E-state index in [4.69, 9.17) is 4.74 Å². The lowest BCUT2D eigenvalue weighted by atomic mass is 10.2. The topological polar surface area (TPSA) is 92.3 Å². The van der Waals surface area contributed by atoms with Crippen LogP contribution in [0.15, 0.2) is 36.4 Å². The van der Waals surface area contributed by atoms with Gasteiger partial charge in [0.25, 0.3) is 0 Å². The number of nitrogens with zero attached hydrogens (tertiary/aromatic N) is 1. The first kappa shape index (κ1) is 17.7. The van der Waals surface area contributed by atoms with Crippen molar-refractivity contribution in [1.29, 1.82) is 0 Å². The predicted octanol–water partition coefficient (Wildman–Crippen LogP) is 4.22. The van der Waals surface area contributed by atoms with Crippen molar-refractivity contribution < 1.29 is 14.3 Å². The van der Waals surface area contributed by atoms with Crippen molar-refractivity contribution in [1.82, 2.24) is 4.98 Å². The fourth-order valence-electron chi connectivity index (χ4n) is 2.47. The minimum absolute atomic E-state index is 0.169. The van der Waals surface area contributed by atoms with Gasteiger partial charge in [0.1, 0.15) is 5.75 Å². The Morgan fingerprint density at radius 2 is 1.85 bits per heavy atom. The van der Waals surface area contributed by atoms with Crippen molar-refractivity contribution in [2.24, 2.45) is 0 Å². The molecule has 0 fully saturated rings. The van der Waals surface area contributed by atoms with Crippen LogP contribution in [0.25, 0.3) is 10.2 Å². The lowest BCUT2D eigenvalue weighted by molar-refractivity contribution is -0.114. The standard InChI is InChI=1S/C18H18N4O3S/c1-10-7-13(9-15-16(10)22-18(26-15)19-11(2)23)21-17(24)20-12-5-4-6-14(8-12)25-3/h4-9H,1-3H3,(H,19,22,23)(H2,20,21,24). The van der Waals surface area contributed by atoms with Gasteiger partial charge in [-0.05, 0) is 36.8 Å². The summed E-state index contributed by atoms with van der Waals surface area (Å²) >= 11 is 1.36. The summed E-state index contributed by atoms with van der Waals surface area (Å²) in [7, 11) is 1.57. The first-order chi connectivity index (χ1) is 12.4. The van der Waals surface area contributed by atoms with Crippen LogP contribution in [-0.2, 0) is 4.79 Å². The number of aromatic nitrogens is 1. The largest absolute Gasteiger partial charge is 0.497 e. The van der Waals surface area contributed by atoms with E-state index >= 15 is 0 Å². The number of aryl methyl sites for hydroxylation is 1. The molecule has 0 aliphatic rings. The third kappa shape index (κ3) is 4.09. The Labute approximate surface area is 154 Å². The highest BCUT2D eigenvalue weighted by atomic mass is 32.1. The van der Waals surface area contributed by atoms with Crippen LogP contribution in [0.4, 0.5) is 21.3 Å². The second-order valence-corrected chi connectivity index (χ2v) is 6.68. The number of urea groups is 1. The highest BCUT2D eigenvalue weighted by Gasteiger charge is 2.11. The summed E-state index contributed by atoms with van der Waals surface area (Å²) in [5.74, 6) is 0.493. The third-order valence-electron chi connectivity index (χ3n) is 3.55. The number of carbonyl (C=O) groups is 2. The molecule has 1 heterocycles. The average Bonchev–Trinajstić information content (AvgIpc) is 2.97. The van der Waals surface area contributed by atoms with E-state index in [1.807, 2.05) is 19.1 Å². The van der Waals surface area contributed by atoms with E-state index < -0.39 is 0 Å². The van der Waals surface area contributed by atoms with Crippen LogP contribution in [-0.4, -0.2) is 24.0 Å². The van der Waals surface area contributed by atoms with Gasteiger partial charge in [-0.3, -0.25) is 4.79 Å². The zero-order valence-electron chi connectivity index (χ0n) is 14.5. The number of hydrogen-bond donors (Lipinski definition) is 3. The van der Waals surface area contributed by atoms with Crippen LogP contribution in [0.1, 0.15) is 12.5 Å². The van der Waals surface area contributed by atoms with Gasteiger partial charge in [-0.15, -0.1) is 0 Å². The van der Waals surface area contributed by atoms with Gasteiger partial charge in [0.05, 0.1) is 17.3 Å². The number of amides is 3. The Bertz CT molecular complexity index is 984. The second kappa shape index (κ2) is 7.40. The molecular formula is C18H18N4O3S. The highest BCUT2D eigenvalue weighted by molar-refractivity contribution is 7.22. The molecule has 0 aliphatic heterocycles. The smallest absolute Gasteiger partial charge is 0.323 e. The van der Waals surface area contributed by atoms with E-state index in [2.05, 4.69) is 20.9 Å². The minimum atomic E-state index is -0.358.